The average Bonchev–Trinajstić information content (AvgIpc) is 2.32. The van der Waals surface area contributed by atoms with Crippen LogP contribution in [0, 0.1) is 6.92 Å². The zero-order valence-electron chi connectivity index (χ0n) is 10.7. The fraction of sp³-hybridized carbons (Fsp3) is 0.417. The molecule has 0 aliphatic heterocycles. The number of aryl methyl sites for hydroxylation is 1. The number of guanidine groups is 1. The van der Waals surface area contributed by atoms with Gasteiger partial charge in [0.15, 0.2) is 5.96 Å². The molecule has 96 valence electrons. The molecule has 17 heavy (non-hydrogen) atoms. The molecule has 2 N–H and O–H groups in total. The minimum Gasteiger partial charge on any atom is -0.496 e. The minimum absolute atomic E-state index is 0. The van der Waals surface area contributed by atoms with Crippen LogP contribution >= 0.6 is 24.0 Å². The topological polar surface area (TPSA) is 45.7 Å². The lowest BCUT2D eigenvalue weighted by Crippen LogP contribution is -2.34. The van der Waals surface area contributed by atoms with Gasteiger partial charge in [-0.1, -0.05) is 12.1 Å². The molecule has 0 aliphatic carbocycles. The molecule has 0 radical (unpaired) electrons. The van der Waals surface area contributed by atoms with E-state index < -0.39 is 0 Å². The number of nitrogens with zero attached hydrogens (tertiary/aromatic N) is 1. The maximum Gasteiger partial charge on any atom is 0.190 e. The maximum atomic E-state index is 5.27. The predicted octanol–water partition coefficient (Wildman–Crippen LogP) is 1.92. The van der Waals surface area contributed by atoms with Crippen molar-refractivity contribution in [1.29, 1.82) is 0 Å². The summed E-state index contributed by atoms with van der Waals surface area (Å²) >= 11 is 0. The van der Waals surface area contributed by atoms with Gasteiger partial charge >= 0.3 is 0 Å². The lowest BCUT2D eigenvalue weighted by molar-refractivity contribution is 0.411. The van der Waals surface area contributed by atoms with Crippen molar-refractivity contribution in [2.45, 2.75) is 13.5 Å². The first-order chi connectivity index (χ1) is 7.71. The highest BCUT2D eigenvalue weighted by Crippen LogP contribution is 2.18. The number of aliphatic imine (C=N–C) groups is 1. The summed E-state index contributed by atoms with van der Waals surface area (Å²) < 4.78 is 5.27. The van der Waals surface area contributed by atoms with Crippen molar-refractivity contribution in [2.24, 2.45) is 4.99 Å². The number of nitrogens with one attached hydrogen (secondary N) is 2. The molecule has 0 unspecified atom stereocenters. The van der Waals surface area contributed by atoms with Gasteiger partial charge in [0, 0.05) is 20.6 Å². The van der Waals surface area contributed by atoms with E-state index in [0.29, 0.717) is 0 Å². The fourth-order valence-electron chi connectivity index (χ4n) is 1.44. The van der Waals surface area contributed by atoms with E-state index in [1.807, 2.05) is 20.0 Å². The summed E-state index contributed by atoms with van der Waals surface area (Å²) in [6, 6.07) is 6.16. The molecule has 5 heteroatoms. The number of hydrogen-bond donors (Lipinski definition) is 2. The van der Waals surface area contributed by atoms with Crippen molar-refractivity contribution in [3.63, 3.8) is 0 Å². The third kappa shape index (κ3) is 4.80. The molecule has 0 amide bonds. The van der Waals surface area contributed by atoms with Crippen LogP contribution in [0.1, 0.15) is 11.1 Å². The summed E-state index contributed by atoms with van der Waals surface area (Å²) in [6.45, 7) is 2.76. The molecule has 0 fully saturated rings. The molecule has 0 bridgehead atoms. The lowest BCUT2D eigenvalue weighted by Gasteiger charge is -2.10. The van der Waals surface area contributed by atoms with Gasteiger partial charge in [-0.15, -0.1) is 24.0 Å². The Bertz CT molecular complexity index is 380. The summed E-state index contributed by atoms with van der Waals surface area (Å²) in [6.07, 6.45) is 0. The third-order valence-electron chi connectivity index (χ3n) is 2.39. The van der Waals surface area contributed by atoms with E-state index in [-0.39, 0.29) is 24.0 Å². The Morgan fingerprint density at radius 1 is 1.41 bits per heavy atom. The van der Waals surface area contributed by atoms with Gasteiger partial charge in [0.05, 0.1) is 7.11 Å². The molecule has 0 saturated carbocycles. The third-order valence-corrected chi connectivity index (χ3v) is 2.39. The van der Waals surface area contributed by atoms with Crippen molar-refractivity contribution < 1.29 is 4.74 Å². The largest absolute Gasteiger partial charge is 0.496 e. The van der Waals surface area contributed by atoms with Gasteiger partial charge in [0.2, 0.25) is 0 Å². The zero-order valence-corrected chi connectivity index (χ0v) is 13.0. The predicted molar refractivity (Wildman–Crippen MR) is 82.4 cm³/mol. The fourth-order valence-corrected chi connectivity index (χ4v) is 1.44. The number of halogens is 1. The Morgan fingerprint density at radius 3 is 2.65 bits per heavy atom. The van der Waals surface area contributed by atoms with E-state index in [0.717, 1.165) is 23.8 Å². The second kappa shape index (κ2) is 8.16. The molecule has 1 rings (SSSR count). The number of methoxy groups -OCH3 is 1. The Hall–Kier alpha value is -0.980. The van der Waals surface area contributed by atoms with Crippen molar-refractivity contribution in [3.05, 3.63) is 29.3 Å². The second-order valence-electron chi connectivity index (χ2n) is 3.48. The van der Waals surface area contributed by atoms with Crippen LogP contribution in [0.25, 0.3) is 0 Å². The van der Waals surface area contributed by atoms with Crippen molar-refractivity contribution in [2.75, 3.05) is 21.2 Å². The zero-order chi connectivity index (χ0) is 12.0. The number of benzene rings is 1. The van der Waals surface area contributed by atoms with E-state index in [1.54, 1.807) is 14.2 Å². The van der Waals surface area contributed by atoms with Crippen LogP contribution in [0.3, 0.4) is 0 Å². The molecule has 0 aromatic heterocycles. The van der Waals surface area contributed by atoms with Gasteiger partial charge in [-0.25, -0.2) is 0 Å². The van der Waals surface area contributed by atoms with Crippen LogP contribution < -0.4 is 15.4 Å². The molecule has 0 spiro atoms. The summed E-state index contributed by atoms with van der Waals surface area (Å²) in [7, 11) is 5.27. The molecule has 1 aromatic carbocycles. The van der Waals surface area contributed by atoms with Crippen molar-refractivity contribution >= 4 is 29.9 Å². The molecular formula is C12H20IN3O. The SMILES string of the molecule is CN=C(NC)NCc1ccc(C)c(OC)c1.I. The maximum absolute atomic E-state index is 5.27. The summed E-state index contributed by atoms with van der Waals surface area (Å²) in [5, 5.41) is 6.16. The Balaban J connectivity index is 0.00000256. The summed E-state index contributed by atoms with van der Waals surface area (Å²) in [5.41, 5.74) is 2.31. The Morgan fingerprint density at radius 2 is 2.12 bits per heavy atom. The average molecular weight is 349 g/mol. The number of ether oxygens (including phenoxy) is 1. The van der Waals surface area contributed by atoms with Gasteiger partial charge in [0.25, 0.3) is 0 Å². The van der Waals surface area contributed by atoms with Crippen molar-refractivity contribution in [3.8, 4) is 5.75 Å². The molecule has 0 aliphatic rings. The summed E-state index contributed by atoms with van der Waals surface area (Å²) in [4.78, 5) is 4.04. The van der Waals surface area contributed by atoms with Gasteiger partial charge < -0.3 is 15.4 Å². The van der Waals surface area contributed by atoms with E-state index in [4.69, 9.17) is 4.74 Å². The van der Waals surface area contributed by atoms with E-state index in [1.165, 1.54) is 5.56 Å². The molecular weight excluding hydrogens is 329 g/mol. The first kappa shape index (κ1) is 16.0. The van der Waals surface area contributed by atoms with E-state index in [9.17, 15) is 0 Å². The monoisotopic (exact) mass is 349 g/mol. The van der Waals surface area contributed by atoms with Crippen molar-refractivity contribution in [1.82, 2.24) is 10.6 Å². The van der Waals surface area contributed by atoms with Gasteiger partial charge in [-0.2, -0.15) is 0 Å². The standard InChI is InChI=1S/C12H19N3O.HI/c1-9-5-6-10(7-11(9)16-4)8-15-12(13-2)14-3;/h5-7H,8H2,1-4H3,(H2,13,14,15);1H. The van der Waals surface area contributed by atoms with Crippen LogP contribution in [-0.2, 0) is 6.54 Å². The van der Waals surface area contributed by atoms with E-state index >= 15 is 0 Å². The van der Waals surface area contributed by atoms with E-state index in [2.05, 4.69) is 27.8 Å². The highest BCUT2D eigenvalue weighted by atomic mass is 127. The highest BCUT2D eigenvalue weighted by molar-refractivity contribution is 14.0. The van der Waals surface area contributed by atoms with Crippen LogP contribution in [0.5, 0.6) is 5.75 Å². The van der Waals surface area contributed by atoms with Gasteiger partial charge in [0.1, 0.15) is 5.75 Å². The molecule has 4 nitrogen and oxygen atoms in total. The highest BCUT2D eigenvalue weighted by Gasteiger charge is 2.00. The molecule has 0 saturated heterocycles. The quantitative estimate of drug-likeness (QED) is 0.498. The number of rotatable bonds is 3. The first-order valence-electron chi connectivity index (χ1n) is 5.23. The molecule has 0 atom stereocenters. The Labute approximate surface area is 120 Å². The van der Waals surface area contributed by atoms with Crippen LogP contribution in [0.4, 0.5) is 0 Å². The molecule has 0 heterocycles. The second-order valence-corrected chi connectivity index (χ2v) is 3.48. The van der Waals surface area contributed by atoms with Crippen LogP contribution in [0.2, 0.25) is 0 Å². The molecule has 1 aromatic rings. The van der Waals surface area contributed by atoms with Gasteiger partial charge in [-0.05, 0) is 24.1 Å². The summed E-state index contributed by atoms with van der Waals surface area (Å²) in [5.74, 6) is 1.69. The van der Waals surface area contributed by atoms with Crippen LogP contribution in [0.15, 0.2) is 23.2 Å². The first-order valence-corrected chi connectivity index (χ1v) is 5.23. The lowest BCUT2D eigenvalue weighted by atomic mass is 10.1. The smallest absolute Gasteiger partial charge is 0.190 e. The van der Waals surface area contributed by atoms with Gasteiger partial charge in [-0.3, -0.25) is 4.99 Å². The minimum atomic E-state index is 0. The number of hydrogen-bond acceptors (Lipinski definition) is 2. The van der Waals surface area contributed by atoms with Crippen LogP contribution in [-0.4, -0.2) is 27.2 Å². The Kier molecular flexibility index (Phi) is 7.69. The normalized spacial score (nSPS) is 10.5.